The van der Waals surface area contributed by atoms with Gasteiger partial charge in [-0.3, -0.25) is 0 Å². The minimum absolute atomic E-state index is 0.234. The summed E-state index contributed by atoms with van der Waals surface area (Å²) in [5.41, 5.74) is 0.866. The highest BCUT2D eigenvalue weighted by Crippen LogP contribution is 2.19. The fourth-order valence-electron chi connectivity index (χ4n) is 1.49. The molecule has 0 atom stereocenters. The maximum atomic E-state index is 11.4. The first-order chi connectivity index (χ1) is 8.95. The lowest BCUT2D eigenvalue weighted by molar-refractivity contribution is 0.305. The average molecular weight is 298 g/mol. The summed E-state index contributed by atoms with van der Waals surface area (Å²) in [6.07, 6.45) is 2.75. The van der Waals surface area contributed by atoms with Crippen molar-refractivity contribution < 1.29 is 13.2 Å². The van der Waals surface area contributed by atoms with Crippen LogP contribution in [0.25, 0.3) is 0 Å². The lowest BCUT2D eigenvalue weighted by Crippen LogP contribution is -1.99. The third-order valence-electron chi connectivity index (χ3n) is 2.43. The van der Waals surface area contributed by atoms with E-state index < -0.39 is 9.84 Å². The van der Waals surface area contributed by atoms with Gasteiger partial charge < -0.3 is 4.74 Å². The number of pyridine rings is 1. The quantitative estimate of drug-likeness (QED) is 0.814. The van der Waals surface area contributed by atoms with Crippen LogP contribution in [0, 0.1) is 0 Å². The second-order valence-electron chi connectivity index (χ2n) is 4.02. The van der Waals surface area contributed by atoms with Gasteiger partial charge in [-0.25, -0.2) is 13.4 Å². The molecule has 2 aromatic rings. The second kappa shape index (κ2) is 5.59. The van der Waals surface area contributed by atoms with Gasteiger partial charge in [-0.05, 0) is 35.9 Å². The molecular formula is C13H12ClNO3S. The Labute approximate surface area is 116 Å². The summed E-state index contributed by atoms with van der Waals surface area (Å²) in [4.78, 5) is 4.11. The zero-order valence-electron chi connectivity index (χ0n) is 10.2. The SMILES string of the molecule is CS(=O)(=O)c1cccc(OCc2ccnc(Cl)c2)c1. The standard InChI is InChI=1S/C13H12ClNO3S/c1-19(16,17)12-4-2-3-11(8-12)18-9-10-5-6-15-13(14)7-10/h2-8H,9H2,1H3. The molecule has 0 fully saturated rings. The predicted octanol–water partition coefficient (Wildman–Crippen LogP) is 2.72. The Hall–Kier alpha value is -1.59. The van der Waals surface area contributed by atoms with Gasteiger partial charge in [0.25, 0.3) is 0 Å². The molecule has 0 aliphatic heterocycles. The van der Waals surface area contributed by atoms with Gasteiger partial charge >= 0.3 is 0 Å². The van der Waals surface area contributed by atoms with E-state index in [9.17, 15) is 8.42 Å². The first kappa shape index (κ1) is 13.8. The van der Waals surface area contributed by atoms with Crippen LogP contribution in [0.4, 0.5) is 0 Å². The number of hydrogen-bond acceptors (Lipinski definition) is 4. The van der Waals surface area contributed by atoms with Crippen LogP contribution in [-0.4, -0.2) is 19.7 Å². The molecule has 0 aliphatic rings. The third-order valence-corrected chi connectivity index (χ3v) is 3.75. The summed E-state index contributed by atoms with van der Waals surface area (Å²) in [6, 6.07) is 9.86. The van der Waals surface area contributed by atoms with E-state index in [2.05, 4.69) is 4.98 Å². The zero-order valence-corrected chi connectivity index (χ0v) is 11.8. The van der Waals surface area contributed by atoms with Crippen LogP contribution >= 0.6 is 11.6 Å². The molecule has 19 heavy (non-hydrogen) atoms. The van der Waals surface area contributed by atoms with Crippen LogP contribution in [0.1, 0.15) is 5.56 Å². The molecule has 1 heterocycles. The van der Waals surface area contributed by atoms with E-state index in [1.165, 1.54) is 12.1 Å². The van der Waals surface area contributed by atoms with Crippen molar-refractivity contribution in [2.24, 2.45) is 0 Å². The molecule has 2 rings (SSSR count). The molecule has 0 saturated carbocycles. The van der Waals surface area contributed by atoms with Gasteiger partial charge in [0.05, 0.1) is 4.90 Å². The molecule has 0 amide bonds. The van der Waals surface area contributed by atoms with E-state index in [0.29, 0.717) is 17.5 Å². The molecule has 0 radical (unpaired) electrons. The number of aromatic nitrogens is 1. The summed E-state index contributed by atoms with van der Waals surface area (Å²) in [6.45, 7) is 0.301. The average Bonchev–Trinajstić information content (AvgIpc) is 2.36. The highest BCUT2D eigenvalue weighted by molar-refractivity contribution is 7.90. The fourth-order valence-corrected chi connectivity index (χ4v) is 2.35. The Morgan fingerprint density at radius 1 is 1.26 bits per heavy atom. The fraction of sp³-hybridized carbons (Fsp3) is 0.154. The van der Waals surface area contributed by atoms with Crippen molar-refractivity contribution in [3.8, 4) is 5.75 Å². The molecule has 1 aromatic heterocycles. The normalized spacial score (nSPS) is 11.3. The lowest BCUT2D eigenvalue weighted by atomic mass is 10.3. The zero-order chi connectivity index (χ0) is 13.9. The molecule has 0 bridgehead atoms. The van der Waals surface area contributed by atoms with Crippen molar-refractivity contribution in [2.75, 3.05) is 6.26 Å². The monoisotopic (exact) mass is 297 g/mol. The molecule has 1 aromatic carbocycles. The number of nitrogens with zero attached hydrogens (tertiary/aromatic N) is 1. The van der Waals surface area contributed by atoms with Crippen LogP contribution in [0.3, 0.4) is 0 Å². The van der Waals surface area contributed by atoms with Crippen molar-refractivity contribution >= 4 is 21.4 Å². The van der Waals surface area contributed by atoms with E-state index in [0.717, 1.165) is 11.8 Å². The summed E-state index contributed by atoms with van der Waals surface area (Å²) in [5.74, 6) is 0.496. The van der Waals surface area contributed by atoms with Crippen LogP contribution in [0.15, 0.2) is 47.5 Å². The van der Waals surface area contributed by atoms with Crippen LogP contribution in [-0.2, 0) is 16.4 Å². The second-order valence-corrected chi connectivity index (χ2v) is 6.43. The van der Waals surface area contributed by atoms with Gasteiger partial charge in [-0.1, -0.05) is 17.7 Å². The number of benzene rings is 1. The molecule has 0 N–H and O–H groups in total. The van der Waals surface area contributed by atoms with Gasteiger partial charge in [-0.2, -0.15) is 0 Å². The van der Waals surface area contributed by atoms with E-state index in [4.69, 9.17) is 16.3 Å². The largest absolute Gasteiger partial charge is 0.489 e. The van der Waals surface area contributed by atoms with Crippen molar-refractivity contribution in [3.05, 3.63) is 53.3 Å². The summed E-state index contributed by atoms with van der Waals surface area (Å²) < 4.78 is 28.4. The Kier molecular flexibility index (Phi) is 4.07. The summed E-state index contributed by atoms with van der Waals surface area (Å²) >= 11 is 5.77. The van der Waals surface area contributed by atoms with Crippen LogP contribution in [0.2, 0.25) is 5.15 Å². The third kappa shape index (κ3) is 3.94. The highest BCUT2D eigenvalue weighted by atomic mass is 35.5. The Morgan fingerprint density at radius 3 is 2.74 bits per heavy atom. The molecule has 4 nitrogen and oxygen atoms in total. The van der Waals surface area contributed by atoms with Crippen molar-refractivity contribution in [3.63, 3.8) is 0 Å². The van der Waals surface area contributed by atoms with E-state index in [1.54, 1.807) is 30.5 Å². The maximum Gasteiger partial charge on any atom is 0.175 e. The first-order valence-corrected chi connectivity index (χ1v) is 7.75. The Morgan fingerprint density at radius 2 is 2.05 bits per heavy atom. The minimum atomic E-state index is -3.23. The van der Waals surface area contributed by atoms with E-state index in [-0.39, 0.29) is 4.90 Å². The molecule has 0 aliphatic carbocycles. The van der Waals surface area contributed by atoms with Gasteiger partial charge in [0.2, 0.25) is 0 Å². The predicted molar refractivity (Wildman–Crippen MR) is 73.1 cm³/mol. The van der Waals surface area contributed by atoms with Crippen molar-refractivity contribution in [2.45, 2.75) is 11.5 Å². The molecular weight excluding hydrogens is 286 g/mol. The van der Waals surface area contributed by atoms with E-state index in [1.807, 2.05) is 0 Å². The van der Waals surface area contributed by atoms with Crippen LogP contribution < -0.4 is 4.74 Å². The molecule has 6 heteroatoms. The number of ether oxygens (including phenoxy) is 1. The molecule has 0 spiro atoms. The van der Waals surface area contributed by atoms with Crippen molar-refractivity contribution in [1.82, 2.24) is 4.98 Å². The minimum Gasteiger partial charge on any atom is -0.489 e. The summed E-state index contributed by atoms with van der Waals surface area (Å²) in [5, 5.41) is 0.394. The van der Waals surface area contributed by atoms with Gasteiger partial charge in [0.1, 0.15) is 17.5 Å². The number of rotatable bonds is 4. The smallest absolute Gasteiger partial charge is 0.175 e. The van der Waals surface area contributed by atoms with Gasteiger partial charge in [-0.15, -0.1) is 0 Å². The maximum absolute atomic E-state index is 11.4. The van der Waals surface area contributed by atoms with Crippen LogP contribution in [0.5, 0.6) is 5.75 Å². The molecule has 0 unspecified atom stereocenters. The van der Waals surface area contributed by atoms with Gasteiger partial charge in [0, 0.05) is 12.5 Å². The Balaban J connectivity index is 2.12. The number of hydrogen-bond donors (Lipinski definition) is 0. The highest BCUT2D eigenvalue weighted by Gasteiger charge is 2.07. The lowest BCUT2D eigenvalue weighted by Gasteiger charge is -2.07. The number of halogens is 1. The number of sulfone groups is 1. The molecule has 100 valence electrons. The van der Waals surface area contributed by atoms with Gasteiger partial charge in [0.15, 0.2) is 9.84 Å². The van der Waals surface area contributed by atoms with E-state index >= 15 is 0 Å². The molecule has 0 saturated heterocycles. The van der Waals surface area contributed by atoms with Crippen molar-refractivity contribution in [1.29, 1.82) is 0 Å². The first-order valence-electron chi connectivity index (χ1n) is 5.48. The topological polar surface area (TPSA) is 56.3 Å². The summed E-state index contributed by atoms with van der Waals surface area (Å²) in [7, 11) is -3.23. The Bertz CT molecular complexity index is 686.